The molecule has 0 amide bonds. The van der Waals surface area contributed by atoms with E-state index in [-0.39, 0.29) is 61.7 Å². The Morgan fingerprint density at radius 1 is 0.526 bits per heavy atom. The van der Waals surface area contributed by atoms with Gasteiger partial charge in [0.15, 0.2) is 5.75 Å². The first-order valence-corrected chi connectivity index (χ1v) is 26.1. The summed E-state index contributed by atoms with van der Waals surface area (Å²) in [6, 6.07) is 32.2. The zero-order chi connectivity index (χ0) is 55.9. The van der Waals surface area contributed by atoms with Crippen LogP contribution in [0.15, 0.2) is 158 Å². The molecule has 1 heterocycles. The number of anilines is 4. The number of nitrogens with one attached hydrogen (secondary N) is 2. The van der Waals surface area contributed by atoms with Crippen LogP contribution in [0.2, 0.25) is 0 Å². The van der Waals surface area contributed by atoms with Gasteiger partial charge in [0.25, 0.3) is 20.2 Å². The van der Waals surface area contributed by atoms with E-state index < -0.39 is 58.1 Å². The summed E-state index contributed by atoms with van der Waals surface area (Å²) in [6.45, 7) is 0. The summed E-state index contributed by atoms with van der Waals surface area (Å²) in [7, 11) is -16.8. The molecule has 7 N–H and O–H groups in total. The molecule has 0 unspecified atom stereocenters. The zero-order valence-electron chi connectivity index (χ0n) is 38.0. The number of phenols is 2. The van der Waals surface area contributed by atoms with Crippen LogP contribution >= 0.6 is 0 Å². The highest BCUT2D eigenvalue weighted by molar-refractivity contribution is 7.86. The summed E-state index contributed by atoms with van der Waals surface area (Å²) in [6.07, 6.45) is 0.295. The number of ether oxygens (including phenoxy) is 1. The summed E-state index contributed by atoms with van der Waals surface area (Å²) < 4.78 is 147. The predicted molar refractivity (Wildman–Crippen MR) is 265 cm³/mol. The minimum absolute atomic E-state index is 0.00863. The lowest BCUT2D eigenvalue weighted by atomic mass is 10.0. The zero-order valence-corrected chi connectivity index (χ0v) is 42.0. The SMILES string of the molecule is COc1cc(N=Nc2cccc3cccc(O)c23)c(Nc2nc(O)nc(Nc3ccc(S(=O)(=O)O)cc3)n2)cc1N=Nc1ccc2ccc(Cc3cccc(S(=O)(=O)O)c3)cc2c1O.O=S(=O)=O.O=S(=O)=O.O=S(=O)=O. The van der Waals surface area contributed by atoms with Crippen LogP contribution < -0.4 is 15.4 Å². The average Bonchev–Trinajstić information content (AvgIpc) is 3.32. The molecule has 1 aromatic heterocycles. The van der Waals surface area contributed by atoms with Crippen molar-refractivity contribution < 1.29 is 83.9 Å². The Kier molecular flexibility index (Phi) is 19.4. The van der Waals surface area contributed by atoms with E-state index >= 15 is 0 Å². The maximum Gasteiger partial charge on any atom is 0.425 e. The molecule has 0 aliphatic rings. The first-order valence-electron chi connectivity index (χ1n) is 20.3. The number of fused-ring (bicyclic) bond motifs is 2. The average molecular weight is 1140 g/mol. The summed E-state index contributed by atoms with van der Waals surface area (Å²) in [5.41, 5.74) is 2.56. The van der Waals surface area contributed by atoms with E-state index in [0.717, 1.165) is 23.1 Å². The Hall–Kier alpha value is -9.25. The van der Waals surface area contributed by atoms with Crippen LogP contribution in [0.4, 0.5) is 46.0 Å². The molecule has 76 heavy (non-hydrogen) atoms. The maximum atomic E-state index is 11.7. The van der Waals surface area contributed by atoms with Crippen molar-refractivity contribution in [2.24, 2.45) is 20.5 Å². The maximum absolute atomic E-state index is 11.7. The van der Waals surface area contributed by atoms with Crippen LogP contribution in [0.5, 0.6) is 23.3 Å². The van der Waals surface area contributed by atoms with Crippen molar-refractivity contribution in [2.45, 2.75) is 16.2 Å². The van der Waals surface area contributed by atoms with E-state index in [1.807, 2.05) is 18.2 Å². The van der Waals surface area contributed by atoms with Crippen molar-refractivity contribution in [2.75, 3.05) is 17.7 Å². The van der Waals surface area contributed by atoms with Gasteiger partial charge in [0.2, 0.25) is 11.9 Å². The highest BCUT2D eigenvalue weighted by Gasteiger charge is 2.17. The number of nitrogens with zero attached hydrogens (tertiary/aromatic N) is 7. The second-order valence-corrected chi connectivity index (χ2v) is 18.6. The Bertz CT molecular complexity index is 4070. The minimum atomic E-state index is -4.44. The number of rotatable bonds is 13. The van der Waals surface area contributed by atoms with Gasteiger partial charge < -0.3 is 30.7 Å². The monoisotopic (exact) mass is 1140 g/mol. The number of azo groups is 2. The highest BCUT2D eigenvalue weighted by Crippen LogP contribution is 2.43. The van der Waals surface area contributed by atoms with Crippen LogP contribution in [0.1, 0.15) is 11.1 Å². The largest absolute Gasteiger partial charge is 0.507 e. The number of hydrogen-bond donors (Lipinski definition) is 7. The van der Waals surface area contributed by atoms with Gasteiger partial charge >= 0.3 is 37.8 Å². The van der Waals surface area contributed by atoms with E-state index in [1.165, 1.54) is 55.6 Å². The van der Waals surface area contributed by atoms with E-state index in [1.54, 1.807) is 48.5 Å². The highest BCUT2D eigenvalue weighted by atomic mass is 32.2. The van der Waals surface area contributed by atoms with Crippen molar-refractivity contribution in [3.63, 3.8) is 0 Å². The molecule has 8 aromatic rings. The minimum Gasteiger partial charge on any atom is -0.507 e. The second-order valence-electron chi connectivity index (χ2n) is 14.5. The molecule has 0 fully saturated rings. The molecule has 0 radical (unpaired) electrons. The molecule has 394 valence electrons. The van der Waals surface area contributed by atoms with E-state index in [9.17, 15) is 41.3 Å². The van der Waals surface area contributed by atoms with E-state index in [4.69, 9.17) is 42.6 Å². The summed E-state index contributed by atoms with van der Waals surface area (Å²) in [4.78, 5) is 11.6. The topological polar surface area (TPSA) is 444 Å². The summed E-state index contributed by atoms with van der Waals surface area (Å²) in [5.74, 6) is -0.369. The molecule has 0 atom stereocenters. The van der Waals surface area contributed by atoms with Gasteiger partial charge in [-0.3, -0.25) is 9.11 Å². The molecule has 0 spiro atoms. The normalized spacial score (nSPS) is 11.1. The fourth-order valence-corrected chi connectivity index (χ4v) is 7.63. The second kappa shape index (κ2) is 25.6. The molecule has 0 aliphatic heterocycles. The first kappa shape index (κ1) is 57.6. The summed E-state index contributed by atoms with van der Waals surface area (Å²) >= 11 is 0. The van der Waals surface area contributed by atoms with Gasteiger partial charge in [-0.15, -0.1) is 58.3 Å². The van der Waals surface area contributed by atoms with E-state index in [0.29, 0.717) is 39.5 Å². The van der Waals surface area contributed by atoms with Gasteiger partial charge in [-0.2, -0.15) is 31.8 Å². The molecular formula is C43H33N9O19S5. The van der Waals surface area contributed by atoms with Gasteiger partial charge in [0, 0.05) is 17.1 Å². The third kappa shape index (κ3) is 16.9. The first-order chi connectivity index (χ1) is 35.8. The van der Waals surface area contributed by atoms with Crippen molar-refractivity contribution in [1.82, 2.24) is 15.0 Å². The Morgan fingerprint density at radius 3 is 1.68 bits per heavy atom. The van der Waals surface area contributed by atoms with Crippen molar-refractivity contribution in [3.05, 3.63) is 139 Å². The molecule has 7 aromatic carbocycles. The fraction of sp³-hybridized carbons (Fsp3) is 0.0465. The Balaban J connectivity index is 0.000000806. The molecule has 8 rings (SSSR count). The number of methoxy groups -OCH3 is 1. The van der Waals surface area contributed by atoms with E-state index in [2.05, 4.69) is 46.0 Å². The van der Waals surface area contributed by atoms with Crippen LogP contribution in [0.3, 0.4) is 0 Å². The van der Waals surface area contributed by atoms with Gasteiger partial charge in [0.1, 0.15) is 28.6 Å². The quantitative estimate of drug-likeness (QED) is 0.0466. The number of aromatic nitrogens is 3. The molecule has 0 saturated carbocycles. The Morgan fingerprint density at radius 2 is 1.07 bits per heavy atom. The lowest BCUT2D eigenvalue weighted by molar-refractivity contribution is 0.416. The van der Waals surface area contributed by atoms with Gasteiger partial charge in [-0.25, -0.2) is 0 Å². The van der Waals surface area contributed by atoms with Crippen molar-refractivity contribution in [1.29, 1.82) is 0 Å². The fourth-order valence-electron chi connectivity index (χ4n) is 6.60. The molecule has 0 bridgehead atoms. The van der Waals surface area contributed by atoms with Crippen LogP contribution in [-0.2, 0) is 58.5 Å². The smallest absolute Gasteiger partial charge is 0.425 e. The number of benzene rings is 7. The molecule has 0 saturated heterocycles. The number of phenolic OH excluding ortho intramolecular Hbond substituents is 2. The molecular weight excluding hydrogens is 1110 g/mol. The van der Waals surface area contributed by atoms with Gasteiger partial charge in [0.05, 0.1) is 33.7 Å². The standard InChI is InChI=1S/C43H33N9O10S2.3O3S/c1-62-38-23-35(51-49-32-9-3-6-27-7-4-10-37(53)39(27)32)34(45-42-46-41(47-43(55)48-42)44-28-14-16-29(17-15-28)63(56,57)58)22-36(38)52-50-33-18-13-26-12-11-25(21-31(26)40(33)54)19-24-5-2-8-30(20-24)64(59,60)61;3*1-4(2)3/h2-18,20-23,53-54H,19H2,1H3,(H,56,57,58)(H,59,60,61)(H3,44,45,46,47,48,55);;;. The van der Waals surface area contributed by atoms with Crippen LogP contribution in [-0.4, -0.2) is 101 Å². The third-order valence-corrected chi connectivity index (χ3v) is 11.3. The predicted octanol–water partition coefficient (Wildman–Crippen LogP) is 6.69. The third-order valence-electron chi connectivity index (χ3n) is 9.61. The molecule has 0 aliphatic carbocycles. The lowest BCUT2D eigenvalue weighted by Gasteiger charge is -2.13. The van der Waals surface area contributed by atoms with Crippen molar-refractivity contribution in [3.8, 4) is 23.3 Å². The molecule has 28 nitrogen and oxygen atoms in total. The van der Waals surface area contributed by atoms with Gasteiger partial charge in [-0.05, 0) is 95.1 Å². The Labute approximate surface area is 432 Å². The molecule has 33 heteroatoms. The van der Waals surface area contributed by atoms with Crippen molar-refractivity contribution >= 4 is 120 Å². The van der Waals surface area contributed by atoms with Gasteiger partial charge in [-0.1, -0.05) is 54.6 Å². The number of hydrogen-bond acceptors (Lipinski definition) is 26. The summed E-state index contributed by atoms with van der Waals surface area (Å²) in [5, 5.41) is 58.4. The van der Waals surface area contributed by atoms with Crippen LogP contribution in [0.25, 0.3) is 21.5 Å². The lowest BCUT2D eigenvalue weighted by Crippen LogP contribution is -2.04. The van der Waals surface area contributed by atoms with Crippen LogP contribution in [0, 0.1) is 0 Å². The number of aromatic hydroxyl groups is 3.